The first kappa shape index (κ1) is 6.70. The molecule has 0 saturated carbocycles. The minimum absolute atomic E-state index is 0.553. The van der Waals surface area contributed by atoms with E-state index in [2.05, 4.69) is 9.47 Å². The molecule has 0 aromatic heterocycles. The molecule has 1 unspecified atom stereocenters. The largest absolute Gasteiger partial charge is 0.748 e. The highest BCUT2D eigenvalue weighted by molar-refractivity contribution is 7.84. The van der Waals surface area contributed by atoms with Crippen LogP contribution in [0.1, 0.15) is 67.4 Å². The van der Waals surface area contributed by atoms with E-state index in [4.69, 9.17) is 44.7 Å². The van der Waals surface area contributed by atoms with Crippen LogP contribution in [-0.4, -0.2) is 50.2 Å². The molecule has 0 heterocycles. The Morgan fingerprint density at radius 1 is 1.43 bits per heavy atom. The predicted molar refractivity (Wildman–Crippen MR) is 101 cm³/mol. The zero-order valence-electron chi connectivity index (χ0n) is 36.7. The highest BCUT2D eigenvalue weighted by Crippen LogP contribution is 2.14. The number of rotatable bonds is 9. The standard InChI is InChI=1S/C16H23N3O4.CH4O3S/c1-2-22-15(21)12-7-9-13(10-8-12)23-14(20)6-4-3-5-11-19-16(17)18;1-5(2,3)4/h7-10H,2-6,11H2,1H3,(H4,17,18,19);1H3,(H,2,3,4)/i1D3,2D2,3D2,4D2,5D2,6D2,7D,8D,9D,10D,11D;/hD5. The van der Waals surface area contributed by atoms with Crippen LogP contribution in [0.15, 0.2) is 24.2 Å². The molecule has 10 nitrogen and oxygen atoms in total. The van der Waals surface area contributed by atoms with Gasteiger partial charge in [0.2, 0.25) is 0 Å². The van der Waals surface area contributed by atoms with E-state index >= 15 is 0 Å². The summed E-state index contributed by atoms with van der Waals surface area (Å²) in [5, 5.41) is -1.17. The molecular weight excluding hydrogens is 390 g/mol. The lowest BCUT2D eigenvalue weighted by Crippen LogP contribution is -2.54. The molecular formula is C17H27N3O7S. The summed E-state index contributed by atoms with van der Waals surface area (Å²) in [7, 11) is -3.92. The topological polar surface area (TPSA) is 173 Å². The third-order valence-electron chi connectivity index (χ3n) is 1.69. The molecule has 0 saturated heterocycles. The van der Waals surface area contributed by atoms with Crippen LogP contribution in [0.2, 0.25) is 7.06 Å². The molecule has 1 aromatic carbocycles. The Labute approximate surface area is 197 Å². The molecule has 0 aliphatic rings. The molecule has 1 aromatic rings. The maximum atomic E-state index is 12.9. The van der Waals surface area contributed by atoms with E-state index in [9.17, 15) is 9.59 Å². The second kappa shape index (κ2) is 13.5. The van der Waals surface area contributed by atoms with Gasteiger partial charge in [-0.3, -0.25) is 21.2 Å². The SMILES string of the molecule is CS(=O)(=O)[O-].[2H]c1c([2H])c(C(=O)OC([2H])([2H])C([2H])([2H])[2H])c([2H])c([2H])c1OC(=O)C([2H])([2H])C([2H])([2H])C([2H])([2H])C([2H])([2H])C([2H])N([2H])C(N([2H])[2H])=[N+]([2H])[2H]. The number of nitrogens with one attached hydrogen (secondary N) is 1. The first-order chi connectivity index (χ1) is 22.3. The van der Waals surface area contributed by atoms with Gasteiger partial charge in [0.05, 0.1) is 38.4 Å². The fraction of sp³-hybridized carbons (Fsp3) is 0.471. The third-order valence-corrected chi connectivity index (χ3v) is 1.69. The van der Waals surface area contributed by atoms with Gasteiger partial charge in [0, 0.05) is 27.7 Å². The van der Waals surface area contributed by atoms with Crippen LogP contribution in [0.25, 0.3) is 0 Å². The van der Waals surface area contributed by atoms with Gasteiger partial charge in [-0.1, -0.05) is 0 Å². The molecule has 0 aliphatic carbocycles. The number of hydrogen-bond donors (Lipinski definition) is 3. The van der Waals surface area contributed by atoms with E-state index in [0.717, 1.165) is 0 Å². The maximum absolute atomic E-state index is 12.9. The summed E-state index contributed by atoms with van der Waals surface area (Å²) < 4.78 is 212. The second-order valence-electron chi connectivity index (χ2n) is 3.87. The molecule has 1 rings (SSSR count). The average molecular weight is 441 g/mol. The van der Waals surface area contributed by atoms with Crippen LogP contribution >= 0.6 is 0 Å². The summed E-state index contributed by atoms with van der Waals surface area (Å²) in [5.74, 6) is -7.50. The van der Waals surface area contributed by atoms with E-state index in [1.807, 2.05) is 0 Å². The molecule has 1 atom stereocenters. The first-order valence-electron chi connectivity index (χ1n) is 17.7. The van der Waals surface area contributed by atoms with Gasteiger partial charge in [0.1, 0.15) is 5.75 Å². The predicted octanol–water partition coefficient (Wildman–Crippen LogP) is -0.846. The van der Waals surface area contributed by atoms with Crippen molar-refractivity contribution in [3.8, 4) is 5.75 Å². The summed E-state index contributed by atoms with van der Waals surface area (Å²) >= 11 is 0. The van der Waals surface area contributed by atoms with E-state index < -0.39 is 125 Å². The van der Waals surface area contributed by atoms with E-state index in [0.29, 0.717) is 6.26 Å². The van der Waals surface area contributed by atoms with Crippen molar-refractivity contribution in [1.29, 1.82) is 0 Å². The first-order valence-corrected chi connectivity index (χ1v) is 8.17. The van der Waals surface area contributed by atoms with Crippen molar-refractivity contribution >= 4 is 28.0 Å². The highest BCUT2D eigenvalue weighted by Gasteiger charge is 2.08. The fourth-order valence-electron chi connectivity index (χ4n) is 0.910. The summed E-state index contributed by atoms with van der Waals surface area (Å²) in [6, 6.07) is -5.79. The van der Waals surface area contributed by atoms with Gasteiger partial charge in [-0.25, -0.2) is 13.2 Å². The number of benzene rings is 1. The number of esters is 2. The molecule has 0 bridgehead atoms. The van der Waals surface area contributed by atoms with Crippen LogP contribution in [0, 0.1) is 0 Å². The monoisotopic (exact) mass is 440 g/mol. The normalized spacial score (nSPS) is 26.0. The van der Waals surface area contributed by atoms with Crippen molar-refractivity contribution in [2.24, 2.45) is 5.72 Å². The van der Waals surface area contributed by atoms with Gasteiger partial charge >= 0.3 is 17.9 Å². The Balaban J connectivity index is 0.00000464. The van der Waals surface area contributed by atoms with Gasteiger partial charge < -0.3 is 14.0 Å². The minimum atomic E-state index is -4.41. The Hall–Kier alpha value is -2.66. The van der Waals surface area contributed by atoms with Crippen LogP contribution < -0.4 is 21.2 Å². The molecule has 0 aliphatic heterocycles. The molecule has 0 radical (unpaired) electrons. The Kier molecular flexibility index (Phi) is 3.23. The molecule has 0 amide bonds. The van der Waals surface area contributed by atoms with Crippen molar-refractivity contribution in [3.05, 3.63) is 29.7 Å². The van der Waals surface area contributed by atoms with Crippen LogP contribution in [0.3, 0.4) is 0 Å². The molecule has 11 heteroatoms. The number of guanidine groups is 1. The van der Waals surface area contributed by atoms with E-state index in [1.54, 1.807) is 0 Å². The molecule has 5 N–H and O–H groups in total. The molecule has 28 heavy (non-hydrogen) atoms. The fourth-order valence-corrected chi connectivity index (χ4v) is 0.910. The van der Waals surface area contributed by atoms with Gasteiger partial charge in [-0.05, 0) is 50.1 Å². The van der Waals surface area contributed by atoms with Crippen LogP contribution in [0.5, 0.6) is 5.75 Å². The average Bonchev–Trinajstić information content (AvgIpc) is 2.91. The van der Waals surface area contributed by atoms with Gasteiger partial charge in [-0.2, -0.15) is 0 Å². The number of ether oxygens (including phenoxy) is 2. The lowest BCUT2D eigenvalue weighted by molar-refractivity contribution is -0.134. The quantitative estimate of drug-likeness (QED) is 0.145. The summed E-state index contributed by atoms with van der Waals surface area (Å²) in [4.78, 5) is 25.3. The number of nitrogens with two attached hydrogens (primary N) is 2. The zero-order chi connectivity index (χ0) is 41.4. The number of carbonyl (C=O) groups is 2. The lowest BCUT2D eigenvalue weighted by Gasteiger charge is -2.06. The van der Waals surface area contributed by atoms with E-state index in [-0.39, 0.29) is 0 Å². The Morgan fingerprint density at radius 2 is 2.11 bits per heavy atom. The van der Waals surface area contributed by atoms with Gasteiger partial charge in [0.15, 0.2) is 0 Å². The zero-order valence-corrected chi connectivity index (χ0v) is 14.5. The maximum Gasteiger partial charge on any atom is 0.338 e. The van der Waals surface area contributed by atoms with Crippen molar-refractivity contribution in [2.45, 2.75) is 32.3 Å². The molecule has 158 valence electrons. The lowest BCUT2D eigenvalue weighted by atomic mass is 10.2. The smallest absolute Gasteiger partial charge is 0.338 e. The van der Waals surface area contributed by atoms with Crippen LogP contribution in [-0.2, 0) is 19.6 Å². The van der Waals surface area contributed by atoms with Crippen molar-refractivity contribution in [1.82, 2.24) is 5.31 Å². The summed E-state index contributed by atoms with van der Waals surface area (Å²) in [6.07, 6.45) is -16.6. The van der Waals surface area contributed by atoms with Gasteiger partial charge in [0.25, 0.3) is 7.06 Å². The van der Waals surface area contributed by atoms with Crippen molar-refractivity contribution < 1.29 is 69.2 Å². The second-order valence-corrected chi connectivity index (χ2v) is 5.28. The highest BCUT2D eigenvalue weighted by atomic mass is 32.2. The van der Waals surface area contributed by atoms with Gasteiger partial charge in [-0.15, -0.1) is 0 Å². The Morgan fingerprint density at radius 3 is 2.68 bits per heavy atom. The molecule has 0 fully saturated rings. The third kappa shape index (κ3) is 15.6. The van der Waals surface area contributed by atoms with Crippen molar-refractivity contribution in [2.75, 3.05) is 19.3 Å². The number of carbonyl (C=O) groups excluding carboxylic acids is 2. The van der Waals surface area contributed by atoms with E-state index in [1.165, 1.54) is 0 Å². The summed E-state index contributed by atoms with van der Waals surface area (Å²) in [6.45, 7) is -10.3. The molecule has 0 spiro atoms. The van der Waals surface area contributed by atoms with Crippen LogP contribution in [0.4, 0.5) is 0 Å². The van der Waals surface area contributed by atoms with Crippen molar-refractivity contribution in [3.63, 3.8) is 0 Å². The number of hydrogen-bond acceptors (Lipinski definition) is 7. The minimum Gasteiger partial charge on any atom is -0.748 e. The Bertz CT molecular complexity index is 1590. The summed E-state index contributed by atoms with van der Waals surface area (Å²) in [5.41, 5.74) is -1.97.